The molecule has 0 N–H and O–H groups in total. The Labute approximate surface area is 91.7 Å². The molecule has 0 unspecified atom stereocenters. The zero-order valence-corrected chi connectivity index (χ0v) is 9.93. The van der Waals surface area contributed by atoms with Gasteiger partial charge in [-0.3, -0.25) is 4.79 Å². The predicted molar refractivity (Wildman–Crippen MR) is 59.4 cm³/mol. The number of ketones is 1. The number of Topliss-reactive ketones (excluding diaryl/α,β-unsaturated/α-hetero) is 1. The summed E-state index contributed by atoms with van der Waals surface area (Å²) in [6, 6.07) is 0. The van der Waals surface area contributed by atoms with Crippen LogP contribution < -0.4 is 0 Å². The van der Waals surface area contributed by atoms with E-state index < -0.39 is 0 Å². The van der Waals surface area contributed by atoms with Crippen LogP contribution in [0, 0.1) is 11.3 Å². The van der Waals surface area contributed by atoms with E-state index in [0.717, 1.165) is 43.6 Å². The lowest BCUT2D eigenvalue weighted by molar-refractivity contribution is -0.121. The van der Waals surface area contributed by atoms with E-state index in [-0.39, 0.29) is 5.41 Å². The Morgan fingerprint density at radius 3 is 2.53 bits per heavy atom. The summed E-state index contributed by atoms with van der Waals surface area (Å²) in [5.74, 6) is 1.83. The fourth-order valence-electron chi connectivity index (χ4n) is 2.25. The Balaban J connectivity index is 2.05. The normalized spacial score (nSPS) is 23.9. The smallest absolute Gasteiger partial charge is 0.168 e. The molecule has 0 aliphatic heterocycles. The molecule has 0 aromatic heterocycles. The minimum atomic E-state index is 0.0504. The molecule has 2 heteroatoms. The molecule has 2 aliphatic rings. The van der Waals surface area contributed by atoms with E-state index in [9.17, 15) is 4.79 Å². The summed E-state index contributed by atoms with van der Waals surface area (Å²) in [4.78, 5) is 12.0. The first-order valence-electron chi connectivity index (χ1n) is 5.92. The first kappa shape index (κ1) is 10.7. The molecule has 2 aliphatic carbocycles. The summed E-state index contributed by atoms with van der Waals surface area (Å²) in [6.07, 6.45) is 4.17. The highest BCUT2D eigenvalue weighted by Gasteiger charge is 2.51. The van der Waals surface area contributed by atoms with Crippen LogP contribution >= 0.6 is 0 Å². The summed E-state index contributed by atoms with van der Waals surface area (Å²) in [7, 11) is 0. The van der Waals surface area contributed by atoms with E-state index in [1.165, 1.54) is 0 Å². The second-order valence-electron chi connectivity index (χ2n) is 5.36. The maximum atomic E-state index is 12.0. The predicted octanol–water partition coefficient (Wildman–Crippen LogP) is 3.08. The molecule has 0 aromatic rings. The van der Waals surface area contributed by atoms with Gasteiger partial charge in [-0.1, -0.05) is 13.8 Å². The van der Waals surface area contributed by atoms with Crippen LogP contribution in [-0.2, 0) is 9.53 Å². The molecule has 2 nitrogen and oxygen atoms in total. The fraction of sp³-hybridized carbons (Fsp3) is 0.769. The second-order valence-corrected chi connectivity index (χ2v) is 5.36. The Kier molecular flexibility index (Phi) is 2.61. The Morgan fingerprint density at radius 1 is 1.33 bits per heavy atom. The monoisotopic (exact) mass is 208 g/mol. The number of carbonyl (C=O) groups is 1. The molecule has 1 saturated carbocycles. The molecule has 15 heavy (non-hydrogen) atoms. The average Bonchev–Trinajstić information content (AvgIpc) is 2.95. The van der Waals surface area contributed by atoms with Crippen LogP contribution in [0.15, 0.2) is 11.3 Å². The van der Waals surface area contributed by atoms with Gasteiger partial charge in [-0.15, -0.1) is 0 Å². The Morgan fingerprint density at radius 2 is 2.00 bits per heavy atom. The largest absolute Gasteiger partial charge is 0.497 e. The number of allylic oxidation sites excluding steroid dienone is 2. The first-order chi connectivity index (χ1) is 7.05. The van der Waals surface area contributed by atoms with Crippen LogP contribution in [0.5, 0.6) is 0 Å². The second kappa shape index (κ2) is 3.66. The number of hydrogen-bond acceptors (Lipinski definition) is 2. The molecule has 0 saturated heterocycles. The lowest BCUT2D eigenvalue weighted by Gasteiger charge is -2.24. The van der Waals surface area contributed by atoms with Gasteiger partial charge in [0.2, 0.25) is 0 Å². The van der Waals surface area contributed by atoms with Crippen LogP contribution in [0.25, 0.3) is 0 Å². The van der Waals surface area contributed by atoms with E-state index in [4.69, 9.17) is 4.74 Å². The minimum absolute atomic E-state index is 0.0504. The quantitative estimate of drug-likeness (QED) is 0.712. The fourth-order valence-corrected chi connectivity index (χ4v) is 2.25. The van der Waals surface area contributed by atoms with E-state index in [1.807, 2.05) is 6.92 Å². The third-order valence-electron chi connectivity index (χ3n) is 3.52. The Bertz CT molecular complexity index is 308. The van der Waals surface area contributed by atoms with Crippen LogP contribution in [0.2, 0.25) is 0 Å². The van der Waals surface area contributed by atoms with Gasteiger partial charge >= 0.3 is 0 Å². The van der Waals surface area contributed by atoms with Gasteiger partial charge in [-0.05, 0) is 32.1 Å². The van der Waals surface area contributed by atoms with Gasteiger partial charge in [-0.2, -0.15) is 0 Å². The number of hydrogen-bond donors (Lipinski definition) is 0. The molecular formula is C13H20O2. The van der Waals surface area contributed by atoms with E-state index in [2.05, 4.69) is 13.8 Å². The van der Waals surface area contributed by atoms with Crippen molar-refractivity contribution in [3.8, 4) is 0 Å². The van der Waals surface area contributed by atoms with E-state index in [0.29, 0.717) is 11.7 Å². The van der Waals surface area contributed by atoms with Crippen molar-refractivity contribution in [3.63, 3.8) is 0 Å². The van der Waals surface area contributed by atoms with Crippen molar-refractivity contribution in [2.45, 2.75) is 46.5 Å². The van der Waals surface area contributed by atoms with Gasteiger partial charge in [0, 0.05) is 17.4 Å². The molecule has 0 heterocycles. The molecule has 1 spiro atoms. The summed E-state index contributed by atoms with van der Waals surface area (Å²) < 4.78 is 5.71. The van der Waals surface area contributed by atoms with Crippen molar-refractivity contribution < 1.29 is 9.53 Å². The minimum Gasteiger partial charge on any atom is -0.497 e. The highest BCUT2D eigenvalue weighted by molar-refractivity contribution is 6.02. The van der Waals surface area contributed by atoms with Crippen LogP contribution in [0.3, 0.4) is 0 Å². The van der Waals surface area contributed by atoms with Crippen molar-refractivity contribution >= 4 is 5.78 Å². The van der Waals surface area contributed by atoms with Crippen molar-refractivity contribution in [2.75, 3.05) is 6.61 Å². The average molecular weight is 208 g/mol. The maximum Gasteiger partial charge on any atom is 0.168 e. The highest BCUT2D eigenvalue weighted by atomic mass is 16.5. The van der Waals surface area contributed by atoms with Crippen LogP contribution in [0.4, 0.5) is 0 Å². The number of ether oxygens (including phenoxy) is 1. The van der Waals surface area contributed by atoms with E-state index >= 15 is 0 Å². The first-order valence-corrected chi connectivity index (χ1v) is 5.92. The van der Waals surface area contributed by atoms with Gasteiger partial charge in [-0.25, -0.2) is 0 Å². The summed E-state index contributed by atoms with van der Waals surface area (Å²) >= 11 is 0. The lowest BCUT2D eigenvalue weighted by atomic mass is 9.84. The third-order valence-corrected chi connectivity index (χ3v) is 3.52. The van der Waals surface area contributed by atoms with Crippen LogP contribution in [0.1, 0.15) is 46.5 Å². The number of carbonyl (C=O) groups excluding carboxylic acids is 1. The van der Waals surface area contributed by atoms with Gasteiger partial charge in [0.05, 0.1) is 6.61 Å². The maximum absolute atomic E-state index is 12.0. The van der Waals surface area contributed by atoms with Gasteiger partial charge < -0.3 is 4.74 Å². The standard InChI is InChI=1S/C13H20O2/c1-9(2)8-15-11-4-5-13(6-7-13)12(14)10(11)3/h9H,4-8H2,1-3H3. The van der Waals surface area contributed by atoms with E-state index in [1.54, 1.807) is 0 Å². The summed E-state index contributed by atoms with van der Waals surface area (Å²) in [5, 5.41) is 0. The molecule has 0 radical (unpaired) electrons. The molecule has 0 bridgehead atoms. The molecule has 0 amide bonds. The SMILES string of the molecule is CC1=C(OCC(C)C)CCC2(CC2)C1=O. The number of rotatable bonds is 3. The topological polar surface area (TPSA) is 26.3 Å². The molecular weight excluding hydrogens is 188 g/mol. The summed E-state index contributed by atoms with van der Waals surface area (Å²) in [6.45, 7) is 6.91. The van der Waals surface area contributed by atoms with Crippen molar-refractivity contribution in [2.24, 2.45) is 11.3 Å². The highest BCUT2D eigenvalue weighted by Crippen LogP contribution is 2.55. The summed E-state index contributed by atoms with van der Waals surface area (Å²) in [5.41, 5.74) is 0.939. The Hall–Kier alpha value is -0.790. The van der Waals surface area contributed by atoms with Crippen molar-refractivity contribution in [3.05, 3.63) is 11.3 Å². The van der Waals surface area contributed by atoms with Gasteiger partial charge in [0.1, 0.15) is 5.76 Å². The van der Waals surface area contributed by atoms with Gasteiger partial charge in [0.15, 0.2) is 5.78 Å². The zero-order valence-electron chi connectivity index (χ0n) is 9.93. The van der Waals surface area contributed by atoms with Gasteiger partial charge in [0.25, 0.3) is 0 Å². The molecule has 0 aromatic carbocycles. The van der Waals surface area contributed by atoms with Crippen molar-refractivity contribution in [1.29, 1.82) is 0 Å². The molecule has 84 valence electrons. The lowest BCUT2D eigenvalue weighted by Crippen LogP contribution is -2.24. The van der Waals surface area contributed by atoms with Crippen molar-refractivity contribution in [1.82, 2.24) is 0 Å². The zero-order chi connectivity index (χ0) is 11.1. The molecule has 0 atom stereocenters. The molecule has 2 rings (SSSR count). The third kappa shape index (κ3) is 1.95. The van der Waals surface area contributed by atoms with Crippen LogP contribution in [-0.4, -0.2) is 12.4 Å². The molecule has 1 fully saturated rings.